The quantitative estimate of drug-likeness (QED) is 0.853. The summed E-state index contributed by atoms with van der Waals surface area (Å²) in [5.74, 6) is 0.535. The molecule has 0 radical (unpaired) electrons. The van der Waals surface area contributed by atoms with Crippen LogP contribution >= 0.6 is 11.3 Å². The van der Waals surface area contributed by atoms with Crippen molar-refractivity contribution in [1.82, 2.24) is 15.0 Å². The average molecular weight is 319 g/mol. The van der Waals surface area contributed by atoms with E-state index in [1.807, 2.05) is 0 Å². The lowest BCUT2D eigenvalue weighted by atomic mass is 9.72. The minimum atomic E-state index is -0.174. The van der Waals surface area contributed by atoms with Crippen molar-refractivity contribution in [3.8, 4) is 0 Å². The molecule has 118 valence electrons. The predicted octanol–water partition coefficient (Wildman–Crippen LogP) is 2.59. The van der Waals surface area contributed by atoms with Crippen LogP contribution in [0.15, 0.2) is 4.79 Å². The average Bonchev–Trinajstić information content (AvgIpc) is 2.78. The van der Waals surface area contributed by atoms with Gasteiger partial charge < -0.3 is 0 Å². The third-order valence-corrected chi connectivity index (χ3v) is 5.67. The van der Waals surface area contributed by atoms with Crippen LogP contribution in [0, 0.1) is 11.3 Å². The minimum absolute atomic E-state index is 0.00297. The highest BCUT2D eigenvalue weighted by Crippen LogP contribution is 2.41. The van der Waals surface area contributed by atoms with Crippen molar-refractivity contribution in [3.05, 3.63) is 20.8 Å². The number of nitrogens with zero attached hydrogens (tertiary/aromatic N) is 3. The van der Waals surface area contributed by atoms with Crippen LogP contribution in [0.5, 0.6) is 0 Å². The molecule has 0 saturated carbocycles. The highest BCUT2D eigenvalue weighted by atomic mass is 32.1. The number of thiophene rings is 1. The Labute approximate surface area is 133 Å². The van der Waals surface area contributed by atoms with Crippen molar-refractivity contribution in [3.63, 3.8) is 0 Å². The van der Waals surface area contributed by atoms with Gasteiger partial charge in [-0.1, -0.05) is 26.0 Å². The van der Waals surface area contributed by atoms with Crippen LogP contribution in [0.25, 0.3) is 10.2 Å². The minimum Gasteiger partial charge on any atom is -0.298 e. The molecule has 0 bridgehead atoms. The van der Waals surface area contributed by atoms with Gasteiger partial charge in [0.15, 0.2) is 10.6 Å². The molecule has 22 heavy (non-hydrogen) atoms. The van der Waals surface area contributed by atoms with E-state index in [1.54, 1.807) is 11.3 Å². The summed E-state index contributed by atoms with van der Waals surface area (Å²) in [6.45, 7) is 8.27. The number of aryl methyl sites for hydroxylation is 1. The number of rotatable bonds is 2. The second kappa shape index (κ2) is 5.26. The molecule has 1 aliphatic rings. The van der Waals surface area contributed by atoms with Crippen molar-refractivity contribution >= 4 is 27.3 Å². The lowest BCUT2D eigenvalue weighted by Gasteiger charge is -2.33. The highest BCUT2D eigenvalue weighted by Gasteiger charge is 2.31. The fourth-order valence-corrected chi connectivity index (χ4v) is 4.42. The van der Waals surface area contributed by atoms with E-state index in [9.17, 15) is 9.59 Å². The molecule has 0 aliphatic heterocycles. The first-order valence-electron chi connectivity index (χ1n) is 7.65. The molecular weight excluding hydrogens is 298 g/mol. The molecule has 1 aliphatic carbocycles. The van der Waals surface area contributed by atoms with Gasteiger partial charge in [0.1, 0.15) is 6.54 Å². The molecule has 6 heteroatoms. The van der Waals surface area contributed by atoms with Crippen LogP contribution in [0.3, 0.4) is 0 Å². The number of aromatic nitrogens is 3. The standard InChI is InChI=1S/C16H21N3O2S/c1-9(20)8-19-15(21)13-11-6-5-10(16(2,3)4)7-12(11)22-14(13)17-18-19/h10H,5-8H2,1-4H3/t10-/m0/s1. The van der Waals surface area contributed by atoms with Crippen LogP contribution in [0.4, 0.5) is 0 Å². The van der Waals surface area contributed by atoms with Gasteiger partial charge in [0.05, 0.1) is 5.39 Å². The molecule has 0 unspecified atom stereocenters. The molecule has 0 aromatic carbocycles. The molecule has 1 atom stereocenters. The number of Topliss-reactive ketones (excluding diaryl/α,β-unsaturated/α-hetero) is 1. The first-order chi connectivity index (χ1) is 10.3. The summed E-state index contributed by atoms with van der Waals surface area (Å²) in [7, 11) is 0. The zero-order valence-corrected chi connectivity index (χ0v) is 14.3. The third-order valence-electron chi connectivity index (χ3n) is 4.54. The Balaban J connectivity index is 2.08. The molecule has 5 nitrogen and oxygen atoms in total. The molecule has 0 amide bonds. The van der Waals surface area contributed by atoms with E-state index in [1.165, 1.54) is 16.5 Å². The first-order valence-corrected chi connectivity index (χ1v) is 8.46. The van der Waals surface area contributed by atoms with Gasteiger partial charge in [-0.3, -0.25) is 9.59 Å². The monoisotopic (exact) mass is 319 g/mol. The van der Waals surface area contributed by atoms with Crippen molar-refractivity contribution in [2.45, 2.75) is 53.5 Å². The fourth-order valence-electron chi connectivity index (χ4n) is 3.18. The Morgan fingerprint density at radius 2 is 2.14 bits per heavy atom. The molecule has 0 fully saturated rings. The maximum atomic E-state index is 12.6. The Morgan fingerprint density at radius 3 is 2.77 bits per heavy atom. The SMILES string of the molecule is CC(=O)Cn1nnc2sc3c(c2c1=O)CC[C@H](C(C)(C)C)C3. The van der Waals surface area contributed by atoms with Gasteiger partial charge in [-0.05, 0) is 43.1 Å². The van der Waals surface area contributed by atoms with Crippen molar-refractivity contribution in [2.24, 2.45) is 11.3 Å². The number of fused-ring (bicyclic) bond motifs is 3. The van der Waals surface area contributed by atoms with Gasteiger partial charge in [0.2, 0.25) is 0 Å². The van der Waals surface area contributed by atoms with E-state index in [0.717, 1.165) is 24.8 Å². The van der Waals surface area contributed by atoms with Crippen molar-refractivity contribution in [2.75, 3.05) is 0 Å². The summed E-state index contributed by atoms with van der Waals surface area (Å²) in [5.41, 5.74) is 1.23. The largest absolute Gasteiger partial charge is 0.298 e. The second-order valence-electron chi connectivity index (χ2n) is 7.24. The van der Waals surface area contributed by atoms with Crippen LogP contribution in [0.2, 0.25) is 0 Å². The topological polar surface area (TPSA) is 64.8 Å². The fraction of sp³-hybridized carbons (Fsp3) is 0.625. The summed E-state index contributed by atoms with van der Waals surface area (Å²) in [5, 5.41) is 8.75. The zero-order valence-electron chi connectivity index (χ0n) is 13.5. The normalized spacial score (nSPS) is 18.5. The Morgan fingerprint density at radius 1 is 1.41 bits per heavy atom. The predicted molar refractivity (Wildman–Crippen MR) is 87.3 cm³/mol. The van der Waals surface area contributed by atoms with Gasteiger partial charge in [0.25, 0.3) is 5.56 Å². The second-order valence-corrected chi connectivity index (χ2v) is 8.33. The van der Waals surface area contributed by atoms with Crippen molar-refractivity contribution in [1.29, 1.82) is 0 Å². The van der Waals surface area contributed by atoms with Crippen LogP contribution in [-0.2, 0) is 24.2 Å². The number of carbonyl (C=O) groups is 1. The maximum absolute atomic E-state index is 12.6. The van der Waals surface area contributed by atoms with Gasteiger partial charge in [-0.15, -0.1) is 16.4 Å². The number of carbonyl (C=O) groups excluding carboxylic acids is 1. The smallest absolute Gasteiger partial charge is 0.279 e. The summed E-state index contributed by atoms with van der Waals surface area (Å²) in [6.07, 6.45) is 3.01. The molecule has 2 aromatic heterocycles. The molecular formula is C16H21N3O2S. The lowest BCUT2D eigenvalue weighted by molar-refractivity contribution is -0.117. The van der Waals surface area contributed by atoms with Gasteiger partial charge >= 0.3 is 0 Å². The van der Waals surface area contributed by atoms with Gasteiger partial charge in [-0.25, -0.2) is 4.68 Å². The van der Waals surface area contributed by atoms with Crippen LogP contribution in [0.1, 0.15) is 44.6 Å². The number of ketones is 1. The van der Waals surface area contributed by atoms with E-state index in [2.05, 4.69) is 31.1 Å². The first kappa shape index (κ1) is 15.3. The van der Waals surface area contributed by atoms with E-state index in [4.69, 9.17) is 0 Å². The van der Waals surface area contributed by atoms with Gasteiger partial charge in [-0.2, -0.15) is 0 Å². The summed E-state index contributed by atoms with van der Waals surface area (Å²) < 4.78 is 1.19. The number of hydrogen-bond acceptors (Lipinski definition) is 5. The molecule has 0 spiro atoms. The highest BCUT2D eigenvalue weighted by molar-refractivity contribution is 7.18. The Hall–Kier alpha value is -1.56. The summed E-state index contributed by atoms with van der Waals surface area (Å²) in [4.78, 5) is 25.8. The maximum Gasteiger partial charge on any atom is 0.279 e. The van der Waals surface area contributed by atoms with Crippen LogP contribution in [-0.4, -0.2) is 20.8 Å². The van der Waals surface area contributed by atoms with Crippen molar-refractivity contribution < 1.29 is 4.79 Å². The molecule has 0 N–H and O–H groups in total. The summed E-state index contributed by atoms with van der Waals surface area (Å²) in [6, 6.07) is 0. The third kappa shape index (κ3) is 2.60. The molecule has 0 saturated heterocycles. The molecule has 2 aromatic rings. The summed E-state index contributed by atoms with van der Waals surface area (Å²) >= 11 is 1.59. The Bertz CT molecular complexity index is 798. The van der Waals surface area contributed by atoms with E-state index < -0.39 is 0 Å². The van der Waals surface area contributed by atoms with E-state index in [0.29, 0.717) is 16.1 Å². The van der Waals surface area contributed by atoms with E-state index >= 15 is 0 Å². The zero-order chi connectivity index (χ0) is 16.1. The van der Waals surface area contributed by atoms with E-state index in [-0.39, 0.29) is 23.3 Å². The molecule has 3 rings (SSSR count). The van der Waals surface area contributed by atoms with Crippen LogP contribution < -0.4 is 5.56 Å². The number of hydrogen-bond donors (Lipinski definition) is 0. The van der Waals surface area contributed by atoms with Gasteiger partial charge in [0, 0.05) is 4.88 Å². The molecule has 2 heterocycles. The Kier molecular flexibility index (Phi) is 3.67. The lowest BCUT2D eigenvalue weighted by Crippen LogP contribution is -2.28.